The van der Waals surface area contributed by atoms with E-state index in [9.17, 15) is 8.42 Å². The summed E-state index contributed by atoms with van der Waals surface area (Å²) < 4.78 is 25.9. The maximum absolute atomic E-state index is 9.19. The van der Waals surface area contributed by atoms with Gasteiger partial charge in [0.25, 0.3) is 10.1 Å². The minimum absolute atomic E-state index is 0.691. The summed E-state index contributed by atoms with van der Waals surface area (Å²) in [5.74, 6) is 2.40. The molecule has 0 atom stereocenters. The van der Waals surface area contributed by atoms with Crippen LogP contribution in [0, 0.1) is 6.92 Å². The van der Waals surface area contributed by atoms with Gasteiger partial charge in [0.1, 0.15) is 11.6 Å². The van der Waals surface area contributed by atoms with E-state index in [-0.39, 0.29) is 0 Å². The third-order valence-electron chi connectivity index (χ3n) is 4.57. The molecule has 13 heteroatoms. The van der Waals surface area contributed by atoms with Crippen molar-refractivity contribution in [2.75, 3.05) is 55.4 Å². The smallest absolute Gasteiger partial charge is 0.261 e. The first-order valence-electron chi connectivity index (χ1n) is 10.1. The molecule has 1 aromatic carbocycles. The Morgan fingerprint density at radius 3 is 2.30 bits per heavy atom. The zero-order chi connectivity index (χ0) is 24.0. The number of anilines is 4. The Morgan fingerprint density at radius 2 is 1.73 bits per heavy atom. The van der Waals surface area contributed by atoms with Gasteiger partial charge in [-0.25, -0.2) is 9.97 Å². The van der Waals surface area contributed by atoms with Gasteiger partial charge in [0.15, 0.2) is 11.0 Å². The van der Waals surface area contributed by atoms with E-state index in [2.05, 4.69) is 37.3 Å². The molecule has 178 valence electrons. The normalized spacial score (nSPS) is 14.5. The summed E-state index contributed by atoms with van der Waals surface area (Å²) in [6.07, 6.45) is 0.715. The van der Waals surface area contributed by atoms with E-state index in [0.29, 0.717) is 11.4 Å². The molecule has 5 N–H and O–H groups in total. The summed E-state index contributed by atoms with van der Waals surface area (Å²) in [6.45, 7) is 5.90. The van der Waals surface area contributed by atoms with Crippen LogP contribution < -0.4 is 16.0 Å². The van der Waals surface area contributed by atoms with Gasteiger partial charge in [-0.2, -0.15) is 13.5 Å². The number of nitrogens with two attached hydrogens (primary N) is 1. The molecule has 1 aliphatic heterocycles. The zero-order valence-electron chi connectivity index (χ0n) is 18.7. The van der Waals surface area contributed by atoms with Crippen molar-refractivity contribution in [2.45, 2.75) is 17.0 Å². The topological polar surface area (TPSA) is 153 Å². The molecule has 0 bridgehead atoms. The Hall–Kier alpha value is -2.87. The Balaban J connectivity index is 0.000000555. The summed E-state index contributed by atoms with van der Waals surface area (Å²) in [4.78, 5) is 15.2. The van der Waals surface area contributed by atoms with Crippen molar-refractivity contribution in [3.63, 3.8) is 0 Å². The monoisotopic (exact) mass is 492 g/mol. The largest absolute Gasteiger partial charge is 0.399 e. The Morgan fingerprint density at radius 1 is 1.09 bits per heavy atom. The highest BCUT2D eigenvalue weighted by Gasteiger charge is 2.18. The number of nitrogen functional groups attached to an aromatic ring is 1. The van der Waals surface area contributed by atoms with Crippen molar-refractivity contribution >= 4 is 45.0 Å². The summed E-state index contributed by atoms with van der Waals surface area (Å²) in [6, 6.07) is 11.7. The van der Waals surface area contributed by atoms with E-state index in [1.807, 2.05) is 43.3 Å². The molecule has 0 spiro atoms. The first-order valence-corrected chi connectivity index (χ1v) is 12.8. The number of aryl methyl sites for hydroxylation is 1. The Kier molecular flexibility index (Phi) is 8.13. The second-order valence-electron chi connectivity index (χ2n) is 7.65. The van der Waals surface area contributed by atoms with Gasteiger partial charge in [0.05, 0.1) is 6.26 Å². The average Bonchev–Trinajstić information content (AvgIpc) is 3.13. The second kappa shape index (κ2) is 10.8. The first-order chi connectivity index (χ1) is 15.5. The molecule has 0 radical (unpaired) electrons. The van der Waals surface area contributed by atoms with E-state index in [1.54, 1.807) is 0 Å². The van der Waals surface area contributed by atoms with E-state index in [0.717, 1.165) is 59.9 Å². The number of aromatic amines is 1. The fraction of sp³-hybridized carbons (Fsp3) is 0.350. The number of nitrogens with zero attached hydrogens (tertiary/aromatic N) is 5. The predicted octanol–water partition coefficient (Wildman–Crippen LogP) is 2.24. The number of aromatic nitrogens is 4. The van der Waals surface area contributed by atoms with E-state index < -0.39 is 10.1 Å². The maximum Gasteiger partial charge on any atom is 0.261 e. The molecular formula is C20H28N8O3S2. The van der Waals surface area contributed by atoms with Crippen LogP contribution in [0.2, 0.25) is 0 Å². The SMILES string of the molecule is CS(=O)(=O)O.Cc1cc(Nc2cc(N3CCN(C)CC3)nc(Sc3ccc(N)cc3)n2)n[nH]1. The van der Waals surface area contributed by atoms with Gasteiger partial charge in [-0.3, -0.25) is 9.65 Å². The molecule has 0 amide bonds. The lowest BCUT2D eigenvalue weighted by molar-refractivity contribution is 0.312. The third kappa shape index (κ3) is 8.53. The average molecular weight is 493 g/mol. The van der Waals surface area contributed by atoms with Crippen LogP contribution in [-0.2, 0) is 10.1 Å². The van der Waals surface area contributed by atoms with E-state index in [1.165, 1.54) is 11.8 Å². The number of rotatable bonds is 5. The molecule has 3 heterocycles. The van der Waals surface area contributed by atoms with Crippen molar-refractivity contribution < 1.29 is 13.0 Å². The van der Waals surface area contributed by atoms with Gasteiger partial charge in [0, 0.05) is 54.6 Å². The van der Waals surface area contributed by atoms with Crippen LogP contribution in [0.4, 0.5) is 23.1 Å². The van der Waals surface area contributed by atoms with Crippen molar-refractivity contribution in [2.24, 2.45) is 0 Å². The van der Waals surface area contributed by atoms with Crippen molar-refractivity contribution in [3.05, 3.63) is 42.1 Å². The molecule has 0 aliphatic carbocycles. The second-order valence-corrected chi connectivity index (χ2v) is 10.2. The van der Waals surface area contributed by atoms with Crippen LogP contribution >= 0.6 is 11.8 Å². The highest BCUT2D eigenvalue weighted by atomic mass is 32.2. The molecule has 1 saturated heterocycles. The van der Waals surface area contributed by atoms with Crippen molar-refractivity contribution in [1.82, 2.24) is 25.1 Å². The van der Waals surface area contributed by atoms with E-state index in [4.69, 9.17) is 15.3 Å². The number of hydrogen-bond acceptors (Lipinski definition) is 10. The Bertz CT molecular complexity index is 1150. The van der Waals surface area contributed by atoms with Crippen LogP contribution in [0.25, 0.3) is 0 Å². The lowest BCUT2D eigenvalue weighted by atomic mass is 10.3. The number of H-pyrrole nitrogens is 1. The minimum Gasteiger partial charge on any atom is -0.399 e. The van der Waals surface area contributed by atoms with Crippen molar-refractivity contribution in [3.8, 4) is 0 Å². The maximum atomic E-state index is 9.19. The third-order valence-corrected chi connectivity index (χ3v) is 5.44. The fourth-order valence-electron chi connectivity index (χ4n) is 2.97. The molecule has 11 nitrogen and oxygen atoms in total. The van der Waals surface area contributed by atoms with Gasteiger partial charge in [0.2, 0.25) is 0 Å². The van der Waals surface area contributed by atoms with Gasteiger partial charge >= 0.3 is 0 Å². The quantitative estimate of drug-likeness (QED) is 0.235. The summed E-state index contributed by atoms with van der Waals surface area (Å²) in [5.41, 5.74) is 7.53. The fourth-order valence-corrected chi connectivity index (χ4v) is 3.74. The minimum atomic E-state index is -3.67. The van der Waals surface area contributed by atoms with Crippen LogP contribution in [-0.4, -0.2) is 77.5 Å². The molecule has 0 saturated carbocycles. The lowest BCUT2D eigenvalue weighted by Crippen LogP contribution is -2.44. The van der Waals surface area contributed by atoms with Gasteiger partial charge < -0.3 is 20.9 Å². The first kappa shape index (κ1) is 24.8. The van der Waals surface area contributed by atoms with Crippen LogP contribution in [0.15, 0.2) is 46.5 Å². The number of piperazine rings is 1. The highest BCUT2D eigenvalue weighted by Crippen LogP contribution is 2.29. The van der Waals surface area contributed by atoms with Crippen molar-refractivity contribution in [1.29, 1.82) is 0 Å². The van der Waals surface area contributed by atoms with Gasteiger partial charge in [-0.15, -0.1) is 0 Å². The Labute approximate surface area is 197 Å². The summed E-state index contributed by atoms with van der Waals surface area (Å²) in [7, 11) is -1.52. The number of nitrogens with one attached hydrogen (secondary N) is 2. The molecule has 33 heavy (non-hydrogen) atoms. The number of likely N-dealkylation sites (N-methyl/N-ethyl adjacent to an activating group) is 1. The molecule has 2 aromatic heterocycles. The summed E-state index contributed by atoms with van der Waals surface area (Å²) >= 11 is 1.52. The molecule has 4 rings (SSSR count). The van der Waals surface area contributed by atoms with Crippen LogP contribution in [0.5, 0.6) is 0 Å². The number of hydrogen-bond donors (Lipinski definition) is 4. The molecular weight excluding hydrogens is 464 g/mol. The van der Waals surface area contributed by atoms with Crippen LogP contribution in [0.1, 0.15) is 5.69 Å². The standard InChI is InChI=1S/C19H24N8S.CH4O3S/c1-13-11-17(25-24-13)21-16-12-18(27-9-7-26(2)8-10-27)23-19(22-16)28-15-5-3-14(20)4-6-15;1-5(2,3)4/h3-6,11-12H,7-10,20H2,1-2H3,(H2,21,22,23,24,25);1H3,(H,2,3,4). The van der Waals surface area contributed by atoms with E-state index >= 15 is 0 Å². The predicted molar refractivity (Wildman–Crippen MR) is 131 cm³/mol. The molecule has 0 unspecified atom stereocenters. The summed E-state index contributed by atoms with van der Waals surface area (Å²) in [5, 5.41) is 11.2. The molecule has 3 aromatic rings. The number of benzene rings is 1. The zero-order valence-corrected chi connectivity index (χ0v) is 20.3. The van der Waals surface area contributed by atoms with Gasteiger partial charge in [-0.1, -0.05) is 0 Å². The van der Waals surface area contributed by atoms with Gasteiger partial charge in [-0.05, 0) is 50.0 Å². The van der Waals surface area contributed by atoms with Crippen LogP contribution in [0.3, 0.4) is 0 Å². The molecule has 1 aliphatic rings. The molecule has 1 fully saturated rings. The lowest BCUT2D eigenvalue weighted by Gasteiger charge is -2.33. The highest BCUT2D eigenvalue weighted by molar-refractivity contribution is 7.99.